The van der Waals surface area contributed by atoms with Crippen molar-refractivity contribution >= 4 is 12.1 Å². The average Bonchev–Trinajstić information content (AvgIpc) is 2.81. The molecule has 6 heteroatoms. The number of alkyl carbamates (subject to hydrolysis) is 1. The minimum Gasteiger partial charge on any atom is -0.497 e. The number of rotatable bonds is 4. The Labute approximate surface area is 110 Å². The zero-order valence-electron chi connectivity index (χ0n) is 10.7. The Morgan fingerprint density at radius 2 is 2.05 bits per heavy atom. The zero-order valence-corrected chi connectivity index (χ0v) is 10.7. The van der Waals surface area contributed by atoms with E-state index in [9.17, 15) is 9.59 Å². The lowest BCUT2D eigenvalue weighted by molar-refractivity contribution is -0.152. The summed E-state index contributed by atoms with van der Waals surface area (Å²) in [6.07, 6.45) is -1.58. The van der Waals surface area contributed by atoms with Crippen molar-refractivity contribution in [2.75, 3.05) is 13.7 Å². The van der Waals surface area contributed by atoms with Crippen LogP contribution in [0, 0.1) is 0 Å². The molecule has 1 fully saturated rings. The normalized spacial score (nSPS) is 21.5. The van der Waals surface area contributed by atoms with E-state index in [0.717, 1.165) is 5.56 Å². The van der Waals surface area contributed by atoms with Crippen LogP contribution >= 0.6 is 0 Å². The van der Waals surface area contributed by atoms with Crippen molar-refractivity contribution in [1.82, 2.24) is 5.32 Å². The van der Waals surface area contributed by atoms with Crippen LogP contribution in [0.25, 0.3) is 0 Å². The Morgan fingerprint density at radius 1 is 1.37 bits per heavy atom. The topological polar surface area (TPSA) is 73.9 Å². The molecule has 19 heavy (non-hydrogen) atoms. The number of methoxy groups -OCH3 is 1. The maximum absolute atomic E-state index is 11.7. The van der Waals surface area contributed by atoms with E-state index in [1.807, 2.05) is 0 Å². The molecular weight excluding hydrogens is 250 g/mol. The van der Waals surface area contributed by atoms with Crippen molar-refractivity contribution in [3.05, 3.63) is 29.8 Å². The maximum atomic E-state index is 11.7. The summed E-state index contributed by atoms with van der Waals surface area (Å²) in [7, 11) is 1.57. The van der Waals surface area contributed by atoms with E-state index >= 15 is 0 Å². The molecular formula is C13H15NO5. The molecule has 1 aromatic rings. The molecule has 102 valence electrons. The first-order chi connectivity index (χ1) is 9.15. The van der Waals surface area contributed by atoms with E-state index < -0.39 is 24.2 Å². The number of amides is 1. The van der Waals surface area contributed by atoms with Gasteiger partial charge in [-0.25, -0.2) is 9.59 Å². The highest BCUT2D eigenvalue weighted by Crippen LogP contribution is 2.27. The van der Waals surface area contributed by atoms with Gasteiger partial charge >= 0.3 is 12.1 Å². The van der Waals surface area contributed by atoms with E-state index in [1.54, 1.807) is 38.3 Å². The summed E-state index contributed by atoms with van der Waals surface area (Å²) < 4.78 is 14.9. The monoisotopic (exact) mass is 265 g/mol. The van der Waals surface area contributed by atoms with Crippen LogP contribution in [0.15, 0.2) is 24.3 Å². The second-order valence-electron chi connectivity index (χ2n) is 3.97. The maximum Gasteiger partial charge on any atom is 0.408 e. The Morgan fingerprint density at radius 3 is 2.63 bits per heavy atom. The third-order valence-electron chi connectivity index (χ3n) is 2.80. The molecule has 1 N–H and O–H groups in total. The van der Waals surface area contributed by atoms with E-state index in [4.69, 9.17) is 14.2 Å². The number of cyclic esters (lactones) is 1. The van der Waals surface area contributed by atoms with E-state index in [0.29, 0.717) is 5.75 Å². The van der Waals surface area contributed by atoms with Crippen molar-refractivity contribution in [2.45, 2.75) is 19.1 Å². The van der Waals surface area contributed by atoms with Crippen LogP contribution in [0.2, 0.25) is 0 Å². The third-order valence-corrected chi connectivity index (χ3v) is 2.80. The molecule has 1 aromatic carbocycles. The third kappa shape index (κ3) is 2.78. The number of carbonyl (C=O) groups excluding carboxylic acids is 2. The Kier molecular flexibility index (Phi) is 3.89. The van der Waals surface area contributed by atoms with E-state index in [-0.39, 0.29) is 6.61 Å². The number of hydrogen-bond donors (Lipinski definition) is 1. The van der Waals surface area contributed by atoms with Crippen LogP contribution in [0.5, 0.6) is 5.75 Å². The highest BCUT2D eigenvalue weighted by molar-refractivity contribution is 5.83. The Hall–Kier alpha value is -2.24. The fraction of sp³-hybridized carbons (Fsp3) is 0.385. The van der Waals surface area contributed by atoms with Gasteiger partial charge in [0.25, 0.3) is 0 Å². The largest absolute Gasteiger partial charge is 0.497 e. The minimum absolute atomic E-state index is 0.238. The van der Waals surface area contributed by atoms with Gasteiger partial charge in [0, 0.05) is 0 Å². The first-order valence-corrected chi connectivity index (χ1v) is 5.93. The molecule has 1 saturated heterocycles. The SMILES string of the molecule is CCOC(=O)[C@@H]1OC(=O)N[C@@H]1c1ccc(OC)cc1. The first kappa shape index (κ1) is 13.2. The van der Waals surface area contributed by atoms with Gasteiger partial charge in [-0.2, -0.15) is 0 Å². The molecule has 1 heterocycles. The molecule has 0 bridgehead atoms. The number of ether oxygens (including phenoxy) is 3. The summed E-state index contributed by atoms with van der Waals surface area (Å²) in [6.45, 7) is 1.94. The highest BCUT2D eigenvalue weighted by Gasteiger charge is 2.41. The summed E-state index contributed by atoms with van der Waals surface area (Å²) in [4.78, 5) is 23.0. The number of esters is 1. The van der Waals surface area contributed by atoms with Gasteiger partial charge < -0.3 is 19.5 Å². The van der Waals surface area contributed by atoms with Crippen LogP contribution in [0.1, 0.15) is 18.5 Å². The standard InChI is InChI=1S/C13H15NO5/c1-3-18-12(15)11-10(14-13(16)19-11)8-4-6-9(17-2)7-5-8/h4-7,10-11H,3H2,1-2H3,(H,14,16)/t10-,11-/m1/s1. The van der Waals surface area contributed by atoms with Crippen molar-refractivity contribution in [2.24, 2.45) is 0 Å². The summed E-state index contributed by atoms with van der Waals surface area (Å²) in [5.41, 5.74) is 0.754. The van der Waals surface area contributed by atoms with Gasteiger partial charge in [0.2, 0.25) is 6.10 Å². The molecule has 1 aliphatic heterocycles. The molecule has 0 saturated carbocycles. The average molecular weight is 265 g/mol. The van der Waals surface area contributed by atoms with Gasteiger partial charge in [0.1, 0.15) is 11.8 Å². The molecule has 1 amide bonds. The van der Waals surface area contributed by atoms with Gasteiger partial charge in [0.05, 0.1) is 13.7 Å². The van der Waals surface area contributed by atoms with Crippen LogP contribution in [-0.4, -0.2) is 31.9 Å². The number of carbonyl (C=O) groups is 2. The Balaban J connectivity index is 2.19. The van der Waals surface area contributed by atoms with Crippen molar-refractivity contribution in [3.8, 4) is 5.75 Å². The molecule has 0 spiro atoms. The predicted octanol–water partition coefficient (Wildman–Crippen LogP) is 1.41. The number of benzene rings is 1. The summed E-state index contributed by atoms with van der Waals surface area (Å²) in [6, 6.07) is 6.50. The molecule has 1 aliphatic rings. The smallest absolute Gasteiger partial charge is 0.408 e. The first-order valence-electron chi connectivity index (χ1n) is 5.93. The van der Waals surface area contributed by atoms with Crippen LogP contribution in [0.4, 0.5) is 4.79 Å². The van der Waals surface area contributed by atoms with Gasteiger partial charge in [0.15, 0.2) is 0 Å². The summed E-state index contributed by atoms with van der Waals surface area (Å²) in [5.74, 6) is 0.142. The van der Waals surface area contributed by atoms with Crippen molar-refractivity contribution in [3.63, 3.8) is 0 Å². The number of nitrogens with one attached hydrogen (secondary N) is 1. The lowest BCUT2D eigenvalue weighted by Gasteiger charge is -2.16. The van der Waals surface area contributed by atoms with E-state index in [1.165, 1.54) is 0 Å². The Bertz CT molecular complexity index is 470. The van der Waals surface area contributed by atoms with Crippen LogP contribution < -0.4 is 10.1 Å². The van der Waals surface area contributed by atoms with Crippen molar-refractivity contribution in [1.29, 1.82) is 0 Å². The van der Waals surface area contributed by atoms with Gasteiger partial charge in [-0.1, -0.05) is 12.1 Å². The minimum atomic E-state index is -0.958. The molecule has 0 aromatic heterocycles. The highest BCUT2D eigenvalue weighted by atomic mass is 16.6. The zero-order chi connectivity index (χ0) is 13.8. The second-order valence-corrected chi connectivity index (χ2v) is 3.97. The van der Waals surface area contributed by atoms with Gasteiger partial charge in [-0.05, 0) is 24.6 Å². The lowest BCUT2D eigenvalue weighted by atomic mass is 10.0. The van der Waals surface area contributed by atoms with E-state index in [2.05, 4.69) is 5.32 Å². The quantitative estimate of drug-likeness (QED) is 0.833. The molecule has 6 nitrogen and oxygen atoms in total. The second kappa shape index (κ2) is 5.60. The van der Waals surface area contributed by atoms with Crippen LogP contribution in [0.3, 0.4) is 0 Å². The van der Waals surface area contributed by atoms with Crippen molar-refractivity contribution < 1.29 is 23.8 Å². The number of hydrogen-bond acceptors (Lipinski definition) is 5. The molecule has 0 unspecified atom stereocenters. The molecule has 2 rings (SSSR count). The fourth-order valence-corrected chi connectivity index (χ4v) is 1.90. The molecule has 2 atom stereocenters. The summed E-state index contributed by atoms with van der Waals surface area (Å²) in [5, 5.41) is 2.59. The van der Waals surface area contributed by atoms with Gasteiger partial charge in [-0.3, -0.25) is 0 Å². The van der Waals surface area contributed by atoms with Gasteiger partial charge in [-0.15, -0.1) is 0 Å². The predicted molar refractivity (Wildman–Crippen MR) is 65.8 cm³/mol. The summed E-state index contributed by atoms with van der Waals surface area (Å²) >= 11 is 0. The molecule has 0 radical (unpaired) electrons. The van der Waals surface area contributed by atoms with Crippen LogP contribution in [-0.2, 0) is 14.3 Å². The lowest BCUT2D eigenvalue weighted by Crippen LogP contribution is -2.30. The fourth-order valence-electron chi connectivity index (χ4n) is 1.90. The molecule has 0 aliphatic carbocycles.